The van der Waals surface area contributed by atoms with Gasteiger partial charge in [0.25, 0.3) is 0 Å². The minimum Gasteiger partial charge on any atom is -0.494 e. The van der Waals surface area contributed by atoms with Crippen LogP contribution in [-0.2, 0) is 17.8 Å². The van der Waals surface area contributed by atoms with Gasteiger partial charge < -0.3 is 14.6 Å². The summed E-state index contributed by atoms with van der Waals surface area (Å²) in [4.78, 5) is 17.0. The molecule has 0 atom stereocenters. The van der Waals surface area contributed by atoms with Gasteiger partial charge in [0, 0.05) is 24.9 Å². The number of amides is 1. The van der Waals surface area contributed by atoms with Crippen molar-refractivity contribution in [3.8, 4) is 5.75 Å². The van der Waals surface area contributed by atoms with Crippen molar-refractivity contribution >= 4 is 27.7 Å². The number of para-hydroxylation sites is 2. The number of hydrogen-bond donors (Lipinski definition) is 1. The summed E-state index contributed by atoms with van der Waals surface area (Å²) in [5.74, 6) is 2.05. The lowest BCUT2D eigenvalue weighted by Crippen LogP contribution is -2.35. The van der Waals surface area contributed by atoms with Gasteiger partial charge in [0.2, 0.25) is 5.91 Å². The molecule has 0 unspecified atom stereocenters. The first-order chi connectivity index (χ1) is 15.9. The van der Waals surface area contributed by atoms with Crippen molar-refractivity contribution in [1.29, 1.82) is 0 Å². The predicted octanol–water partition coefficient (Wildman–Crippen LogP) is 5.75. The molecule has 1 heterocycles. The summed E-state index contributed by atoms with van der Waals surface area (Å²) < 4.78 is 8.34. The minimum absolute atomic E-state index is 0.0850. The quantitative estimate of drug-likeness (QED) is 0.335. The molecule has 0 spiro atoms. The van der Waals surface area contributed by atoms with Crippen LogP contribution in [-0.4, -0.2) is 28.6 Å². The maximum absolute atomic E-state index is 12.1. The minimum atomic E-state index is -0.363. The molecule has 0 aliphatic rings. The molecule has 3 aromatic carbocycles. The van der Waals surface area contributed by atoms with Gasteiger partial charge in [0.15, 0.2) is 0 Å². The lowest BCUT2D eigenvalue weighted by Gasteiger charge is -2.17. The summed E-state index contributed by atoms with van der Waals surface area (Å²) in [6.45, 7) is 7.94. The Bertz CT molecular complexity index is 1240. The highest BCUT2D eigenvalue weighted by atomic mass is 16.5. The van der Waals surface area contributed by atoms with Gasteiger partial charge >= 0.3 is 0 Å². The van der Waals surface area contributed by atoms with E-state index in [4.69, 9.17) is 9.72 Å². The van der Waals surface area contributed by atoms with Gasteiger partial charge in [-0.3, -0.25) is 4.79 Å². The van der Waals surface area contributed by atoms with E-state index in [1.807, 2.05) is 39.0 Å². The average molecular weight is 444 g/mol. The normalized spacial score (nSPS) is 11.7. The number of nitrogens with one attached hydrogen (secondary N) is 1. The Labute approximate surface area is 195 Å². The molecule has 0 aliphatic heterocycles. The summed E-state index contributed by atoms with van der Waals surface area (Å²) in [5.41, 5.74) is 1.80. The van der Waals surface area contributed by atoms with Crippen LogP contribution in [0.3, 0.4) is 0 Å². The van der Waals surface area contributed by atoms with Gasteiger partial charge in [-0.1, -0.05) is 63.2 Å². The lowest BCUT2D eigenvalue weighted by atomic mass is 9.96. The highest BCUT2D eigenvalue weighted by Crippen LogP contribution is 2.21. The fourth-order valence-corrected chi connectivity index (χ4v) is 3.95. The van der Waals surface area contributed by atoms with Gasteiger partial charge in [0.05, 0.1) is 17.6 Å². The van der Waals surface area contributed by atoms with E-state index < -0.39 is 0 Å². The summed E-state index contributed by atoms with van der Waals surface area (Å²) in [6.07, 6.45) is 2.57. The van der Waals surface area contributed by atoms with Crippen LogP contribution >= 0.6 is 0 Å². The molecule has 4 rings (SSSR count). The van der Waals surface area contributed by atoms with Crippen LogP contribution in [0.25, 0.3) is 21.8 Å². The molecule has 0 saturated heterocycles. The third-order valence-corrected chi connectivity index (χ3v) is 5.79. The average Bonchev–Trinajstić information content (AvgIpc) is 3.16. The molecule has 1 amide bonds. The van der Waals surface area contributed by atoms with Crippen LogP contribution in [0, 0.1) is 5.41 Å². The van der Waals surface area contributed by atoms with Crippen LogP contribution in [0.5, 0.6) is 5.75 Å². The molecule has 1 N–H and O–H groups in total. The van der Waals surface area contributed by atoms with Crippen LogP contribution in [0.15, 0.2) is 66.7 Å². The molecule has 1 aromatic heterocycles. The topological polar surface area (TPSA) is 56.2 Å². The molecule has 0 saturated carbocycles. The van der Waals surface area contributed by atoms with Crippen LogP contribution in [0.2, 0.25) is 0 Å². The van der Waals surface area contributed by atoms with Crippen molar-refractivity contribution in [3.63, 3.8) is 0 Å². The van der Waals surface area contributed by atoms with Crippen molar-refractivity contribution in [3.05, 3.63) is 72.6 Å². The largest absolute Gasteiger partial charge is 0.494 e. The second-order valence-corrected chi connectivity index (χ2v) is 9.49. The molecule has 0 fully saturated rings. The molecule has 5 nitrogen and oxygen atoms in total. The smallest absolute Gasteiger partial charge is 0.225 e. The van der Waals surface area contributed by atoms with E-state index in [0.717, 1.165) is 48.4 Å². The monoisotopic (exact) mass is 443 g/mol. The van der Waals surface area contributed by atoms with Crippen LogP contribution < -0.4 is 10.1 Å². The number of carbonyl (C=O) groups is 1. The first-order valence-electron chi connectivity index (χ1n) is 11.8. The Morgan fingerprint density at radius 3 is 2.55 bits per heavy atom. The number of carbonyl (C=O) groups excluding carboxylic acids is 1. The Morgan fingerprint density at radius 2 is 1.73 bits per heavy atom. The zero-order valence-corrected chi connectivity index (χ0v) is 19.8. The molecule has 33 heavy (non-hydrogen) atoms. The number of aryl methyl sites for hydroxylation is 2. The summed E-state index contributed by atoms with van der Waals surface area (Å²) in [7, 11) is 0. The van der Waals surface area contributed by atoms with E-state index in [1.54, 1.807) is 0 Å². The standard InChI is InChI=1S/C28H33N3O2/c1-28(2,3)27(32)29-17-8-14-26-30-24-12-6-7-13-25(24)31(26)18-9-19-33-23-16-15-21-10-4-5-11-22(21)20-23/h4-7,10-13,15-16,20H,8-9,14,17-19H2,1-3H3,(H,29,32). The van der Waals surface area contributed by atoms with Gasteiger partial charge in [-0.15, -0.1) is 0 Å². The van der Waals surface area contributed by atoms with Gasteiger partial charge in [-0.2, -0.15) is 0 Å². The first kappa shape index (κ1) is 22.8. The van der Waals surface area contributed by atoms with Crippen molar-refractivity contribution < 1.29 is 9.53 Å². The van der Waals surface area contributed by atoms with E-state index in [-0.39, 0.29) is 11.3 Å². The SMILES string of the molecule is CC(C)(C)C(=O)NCCCc1nc2ccccc2n1CCCOc1ccc2ccccc2c1. The molecule has 5 heteroatoms. The van der Waals surface area contributed by atoms with E-state index in [1.165, 1.54) is 10.8 Å². The zero-order chi connectivity index (χ0) is 23.3. The van der Waals surface area contributed by atoms with Crippen LogP contribution in [0.1, 0.15) is 39.4 Å². The lowest BCUT2D eigenvalue weighted by molar-refractivity contribution is -0.128. The Hall–Kier alpha value is -3.34. The fraction of sp³-hybridized carbons (Fsp3) is 0.357. The third kappa shape index (κ3) is 5.72. The third-order valence-electron chi connectivity index (χ3n) is 5.79. The van der Waals surface area contributed by atoms with E-state index in [9.17, 15) is 4.79 Å². The van der Waals surface area contributed by atoms with Crippen molar-refractivity contribution in [2.24, 2.45) is 5.41 Å². The Balaban J connectivity index is 1.35. The van der Waals surface area contributed by atoms with E-state index >= 15 is 0 Å². The zero-order valence-electron chi connectivity index (χ0n) is 19.8. The second-order valence-electron chi connectivity index (χ2n) is 9.49. The molecular weight excluding hydrogens is 410 g/mol. The highest BCUT2D eigenvalue weighted by molar-refractivity contribution is 5.83. The predicted molar refractivity (Wildman–Crippen MR) is 135 cm³/mol. The number of benzene rings is 3. The fourth-order valence-electron chi connectivity index (χ4n) is 3.95. The number of ether oxygens (including phenoxy) is 1. The first-order valence-corrected chi connectivity index (χ1v) is 11.8. The molecule has 0 bridgehead atoms. The van der Waals surface area contributed by atoms with Crippen LogP contribution in [0.4, 0.5) is 0 Å². The van der Waals surface area contributed by atoms with Crippen molar-refractivity contribution in [1.82, 2.24) is 14.9 Å². The Morgan fingerprint density at radius 1 is 0.970 bits per heavy atom. The summed E-state index contributed by atoms with van der Waals surface area (Å²) in [5, 5.41) is 5.44. The molecular formula is C28H33N3O2. The van der Waals surface area contributed by atoms with Crippen molar-refractivity contribution in [2.45, 2.75) is 46.6 Å². The molecule has 0 aliphatic carbocycles. The summed E-state index contributed by atoms with van der Waals surface area (Å²) in [6, 6.07) is 22.8. The van der Waals surface area contributed by atoms with Gasteiger partial charge in [0.1, 0.15) is 11.6 Å². The number of fused-ring (bicyclic) bond motifs is 2. The molecule has 0 radical (unpaired) electrons. The van der Waals surface area contributed by atoms with Gasteiger partial charge in [-0.05, 0) is 47.9 Å². The van der Waals surface area contributed by atoms with Gasteiger partial charge in [-0.25, -0.2) is 4.98 Å². The molecule has 4 aromatic rings. The second kappa shape index (κ2) is 10.1. The number of nitrogens with zero attached hydrogens (tertiary/aromatic N) is 2. The maximum atomic E-state index is 12.1. The van der Waals surface area contributed by atoms with E-state index in [2.05, 4.69) is 58.4 Å². The molecule has 172 valence electrons. The summed E-state index contributed by atoms with van der Waals surface area (Å²) >= 11 is 0. The Kier molecular flexibility index (Phi) is 6.97. The number of hydrogen-bond acceptors (Lipinski definition) is 3. The number of rotatable bonds is 9. The van der Waals surface area contributed by atoms with E-state index in [0.29, 0.717) is 13.2 Å². The highest BCUT2D eigenvalue weighted by Gasteiger charge is 2.20. The number of aromatic nitrogens is 2. The maximum Gasteiger partial charge on any atom is 0.225 e. The number of imidazole rings is 1. The van der Waals surface area contributed by atoms with Crippen molar-refractivity contribution in [2.75, 3.05) is 13.2 Å².